The molecule has 0 N–H and O–H groups in total. The van der Waals surface area contributed by atoms with E-state index in [1.165, 1.54) is 38.5 Å². The average molecular weight is 248 g/mol. The van der Waals surface area contributed by atoms with Crippen molar-refractivity contribution in [2.24, 2.45) is 5.92 Å². The van der Waals surface area contributed by atoms with E-state index in [0.29, 0.717) is 5.92 Å². The number of nitriles is 1. The van der Waals surface area contributed by atoms with E-state index in [4.69, 9.17) is 11.6 Å². The third kappa shape index (κ3) is 3.01. The SMILES string of the molecule is N#CC(c1ccccc1Cl)C1CCCCCC1. The summed E-state index contributed by atoms with van der Waals surface area (Å²) in [6.07, 6.45) is 7.49. The molecule has 0 aromatic heterocycles. The van der Waals surface area contributed by atoms with E-state index in [2.05, 4.69) is 6.07 Å². The Morgan fingerprint density at radius 1 is 1.12 bits per heavy atom. The van der Waals surface area contributed by atoms with Crippen molar-refractivity contribution in [3.05, 3.63) is 34.9 Å². The van der Waals surface area contributed by atoms with E-state index in [0.717, 1.165) is 10.6 Å². The summed E-state index contributed by atoms with van der Waals surface area (Å²) >= 11 is 6.21. The van der Waals surface area contributed by atoms with Gasteiger partial charge in [0.15, 0.2) is 0 Å². The van der Waals surface area contributed by atoms with Crippen LogP contribution in [0.5, 0.6) is 0 Å². The zero-order valence-electron chi connectivity index (χ0n) is 10.0. The summed E-state index contributed by atoms with van der Waals surface area (Å²) in [4.78, 5) is 0. The second-order valence-corrected chi connectivity index (χ2v) is 5.29. The summed E-state index contributed by atoms with van der Waals surface area (Å²) in [6, 6.07) is 10.3. The second-order valence-electron chi connectivity index (χ2n) is 4.88. The van der Waals surface area contributed by atoms with Crippen LogP contribution in [0, 0.1) is 17.2 Å². The van der Waals surface area contributed by atoms with Crippen molar-refractivity contribution in [3.63, 3.8) is 0 Å². The minimum absolute atomic E-state index is 0.0261. The molecule has 1 aliphatic rings. The molecule has 0 amide bonds. The molecule has 0 spiro atoms. The highest BCUT2D eigenvalue weighted by atomic mass is 35.5. The zero-order valence-corrected chi connectivity index (χ0v) is 10.8. The average Bonchev–Trinajstić information content (AvgIpc) is 2.62. The van der Waals surface area contributed by atoms with Crippen molar-refractivity contribution in [3.8, 4) is 6.07 Å². The van der Waals surface area contributed by atoms with Crippen LogP contribution in [-0.4, -0.2) is 0 Å². The summed E-state index contributed by atoms with van der Waals surface area (Å²) in [7, 11) is 0. The van der Waals surface area contributed by atoms with Crippen LogP contribution in [0.25, 0.3) is 0 Å². The van der Waals surface area contributed by atoms with Crippen LogP contribution in [0.3, 0.4) is 0 Å². The molecular weight excluding hydrogens is 230 g/mol. The van der Waals surface area contributed by atoms with Gasteiger partial charge in [0.25, 0.3) is 0 Å². The maximum atomic E-state index is 9.44. The van der Waals surface area contributed by atoms with Crippen molar-refractivity contribution < 1.29 is 0 Å². The van der Waals surface area contributed by atoms with E-state index in [1.54, 1.807) is 0 Å². The van der Waals surface area contributed by atoms with Crippen molar-refractivity contribution in [1.29, 1.82) is 5.26 Å². The number of hydrogen-bond donors (Lipinski definition) is 0. The highest BCUT2D eigenvalue weighted by Gasteiger charge is 2.25. The number of hydrogen-bond acceptors (Lipinski definition) is 1. The Morgan fingerprint density at radius 2 is 1.76 bits per heavy atom. The van der Waals surface area contributed by atoms with Crippen molar-refractivity contribution in [2.75, 3.05) is 0 Å². The molecule has 17 heavy (non-hydrogen) atoms. The van der Waals surface area contributed by atoms with Crippen LogP contribution in [0.15, 0.2) is 24.3 Å². The quantitative estimate of drug-likeness (QED) is 0.681. The van der Waals surface area contributed by atoms with Gasteiger partial charge in [0, 0.05) is 5.02 Å². The molecule has 1 unspecified atom stereocenters. The molecule has 1 fully saturated rings. The van der Waals surface area contributed by atoms with Gasteiger partial charge in [0.1, 0.15) is 0 Å². The fraction of sp³-hybridized carbons (Fsp3) is 0.533. The maximum absolute atomic E-state index is 9.44. The molecule has 1 aromatic rings. The maximum Gasteiger partial charge on any atom is 0.0755 e. The zero-order chi connectivity index (χ0) is 12.1. The lowest BCUT2D eigenvalue weighted by atomic mass is 9.82. The lowest BCUT2D eigenvalue weighted by Gasteiger charge is -2.21. The normalized spacial score (nSPS) is 19.3. The molecule has 0 saturated heterocycles. The van der Waals surface area contributed by atoms with Gasteiger partial charge >= 0.3 is 0 Å². The van der Waals surface area contributed by atoms with Gasteiger partial charge in [-0.25, -0.2) is 0 Å². The summed E-state index contributed by atoms with van der Waals surface area (Å²) in [6.45, 7) is 0. The van der Waals surface area contributed by atoms with E-state index < -0.39 is 0 Å². The van der Waals surface area contributed by atoms with Crippen LogP contribution >= 0.6 is 11.6 Å². The largest absolute Gasteiger partial charge is 0.198 e. The van der Waals surface area contributed by atoms with E-state index in [-0.39, 0.29) is 5.92 Å². The van der Waals surface area contributed by atoms with Gasteiger partial charge in [-0.2, -0.15) is 5.26 Å². The molecule has 90 valence electrons. The molecule has 0 radical (unpaired) electrons. The molecule has 1 atom stereocenters. The Labute approximate surface area is 108 Å². The first-order valence-corrected chi connectivity index (χ1v) is 6.85. The lowest BCUT2D eigenvalue weighted by molar-refractivity contribution is 0.425. The van der Waals surface area contributed by atoms with Crippen LogP contribution in [0.1, 0.15) is 50.0 Å². The van der Waals surface area contributed by atoms with Gasteiger partial charge in [0.2, 0.25) is 0 Å². The molecule has 1 nitrogen and oxygen atoms in total. The minimum atomic E-state index is -0.0261. The van der Waals surface area contributed by atoms with Gasteiger partial charge in [-0.3, -0.25) is 0 Å². The van der Waals surface area contributed by atoms with Gasteiger partial charge in [0.05, 0.1) is 12.0 Å². The molecule has 0 heterocycles. The highest BCUT2D eigenvalue weighted by molar-refractivity contribution is 6.31. The van der Waals surface area contributed by atoms with Crippen molar-refractivity contribution >= 4 is 11.6 Å². The Balaban J connectivity index is 2.21. The topological polar surface area (TPSA) is 23.8 Å². The number of benzene rings is 1. The van der Waals surface area contributed by atoms with Crippen molar-refractivity contribution in [1.82, 2.24) is 0 Å². The molecule has 1 aliphatic carbocycles. The minimum Gasteiger partial charge on any atom is -0.198 e. The fourth-order valence-electron chi connectivity index (χ4n) is 2.80. The van der Waals surface area contributed by atoms with E-state index in [1.807, 2.05) is 24.3 Å². The van der Waals surface area contributed by atoms with Gasteiger partial charge < -0.3 is 0 Å². The smallest absolute Gasteiger partial charge is 0.0755 e. The Bertz CT molecular complexity index is 400. The molecule has 1 saturated carbocycles. The van der Waals surface area contributed by atoms with Crippen molar-refractivity contribution in [2.45, 2.75) is 44.4 Å². The lowest BCUT2D eigenvalue weighted by Crippen LogP contribution is -2.11. The summed E-state index contributed by atoms with van der Waals surface area (Å²) < 4.78 is 0. The summed E-state index contributed by atoms with van der Waals surface area (Å²) in [5.41, 5.74) is 1.02. The number of nitrogens with zero attached hydrogens (tertiary/aromatic N) is 1. The summed E-state index contributed by atoms with van der Waals surface area (Å²) in [5.74, 6) is 0.462. The first kappa shape index (κ1) is 12.5. The van der Waals surface area contributed by atoms with E-state index in [9.17, 15) is 5.26 Å². The molecule has 2 heteroatoms. The predicted octanol–water partition coefficient (Wildman–Crippen LogP) is 4.92. The summed E-state index contributed by atoms with van der Waals surface area (Å²) in [5, 5.41) is 10.2. The molecule has 0 aliphatic heterocycles. The molecule has 0 bridgehead atoms. The first-order chi connectivity index (χ1) is 8.33. The highest BCUT2D eigenvalue weighted by Crippen LogP contribution is 2.37. The third-order valence-corrected chi connectivity index (χ3v) is 4.09. The van der Waals surface area contributed by atoms with Gasteiger partial charge in [-0.15, -0.1) is 0 Å². The Kier molecular flexibility index (Phi) is 4.45. The molecule has 2 rings (SSSR count). The fourth-order valence-corrected chi connectivity index (χ4v) is 3.05. The Hall–Kier alpha value is -1.00. The van der Waals surface area contributed by atoms with Gasteiger partial charge in [-0.1, -0.05) is 55.5 Å². The van der Waals surface area contributed by atoms with Crippen LogP contribution in [0.2, 0.25) is 5.02 Å². The van der Waals surface area contributed by atoms with Crippen LogP contribution < -0.4 is 0 Å². The third-order valence-electron chi connectivity index (χ3n) is 3.75. The standard InChI is InChI=1S/C15H18ClN/c16-15-10-6-5-9-13(15)14(11-17)12-7-3-1-2-4-8-12/h5-6,9-10,12,14H,1-4,7-8H2. The van der Waals surface area contributed by atoms with E-state index >= 15 is 0 Å². The van der Waals surface area contributed by atoms with Crippen LogP contribution in [0.4, 0.5) is 0 Å². The monoisotopic (exact) mass is 247 g/mol. The number of halogens is 1. The van der Waals surface area contributed by atoms with Crippen LogP contribution in [-0.2, 0) is 0 Å². The number of rotatable bonds is 2. The predicted molar refractivity (Wildman–Crippen MR) is 71.0 cm³/mol. The second kappa shape index (κ2) is 6.07. The molecule has 1 aromatic carbocycles. The molecular formula is C15H18ClN. The van der Waals surface area contributed by atoms with Gasteiger partial charge in [-0.05, 0) is 30.4 Å². The first-order valence-electron chi connectivity index (χ1n) is 6.47. The Morgan fingerprint density at radius 3 is 2.35 bits per heavy atom.